The minimum absolute atomic E-state index is 0.158. The molecule has 0 N–H and O–H groups in total. The van der Waals surface area contributed by atoms with Crippen LogP contribution in [0.5, 0.6) is 5.75 Å². The quantitative estimate of drug-likeness (QED) is 0.640. The molecule has 0 unspecified atom stereocenters. The highest BCUT2D eigenvalue weighted by Crippen LogP contribution is 2.33. The van der Waals surface area contributed by atoms with E-state index in [1.807, 2.05) is 0 Å². The van der Waals surface area contributed by atoms with Gasteiger partial charge in [-0.2, -0.15) is 0 Å². The molecule has 0 aliphatic heterocycles. The summed E-state index contributed by atoms with van der Waals surface area (Å²) in [5.41, 5.74) is -0.404. The monoisotopic (exact) mass is 370 g/mol. The highest BCUT2D eigenvalue weighted by molar-refractivity contribution is 9.10. The molecule has 0 spiro atoms. The van der Waals surface area contributed by atoms with Crippen LogP contribution in [-0.2, 0) is 0 Å². The van der Waals surface area contributed by atoms with Gasteiger partial charge in [0.2, 0.25) is 5.75 Å². The molecule has 8 heteroatoms. The Bertz CT molecular complexity index is 660. The van der Waals surface area contributed by atoms with Crippen LogP contribution in [0.3, 0.4) is 0 Å². The maximum Gasteiger partial charge on any atom is 0.573 e. The van der Waals surface area contributed by atoms with E-state index in [4.69, 9.17) is 0 Å². The second-order valence-corrected chi connectivity index (χ2v) is 4.86. The van der Waals surface area contributed by atoms with Gasteiger partial charge in [-0.1, -0.05) is 22.0 Å². The fourth-order valence-electron chi connectivity index (χ4n) is 1.65. The van der Waals surface area contributed by atoms with Crippen LogP contribution in [-0.4, -0.2) is 6.36 Å². The van der Waals surface area contributed by atoms with Crippen LogP contribution in [0.15, 0.2) is 34.8 Å². The van der Waals surface area contributed by atoms with Gasteiger partial charge in [0.25, 0.3) is 0 Å². The first-order valence-corrected chi connectivity index (χ1v) is 6.17. The Morgan fingerprint density at radius 2 is 1.43 bits per heavy atom. The molecule has 2 aromatic rings. The minimum atomic E-state index is -5.23. The first-order valence-electron chi connectivity index (χ1n) is 5.37. The van der Waals surface area contributed by atoms with Crippen LogP contribution in [0.2, 0.25) is 0 Å². The van der Waals surface area contributed by atoms with E-state index in [-0.39, 0.29) is 11.1 Å². The summed E-state index contributed by atoms with van der Waals surface area (Å²) in [6.45, 7) is 0. The molecule has 0 saturated heterocycles. The highest BCUT2D eigenvalue weighted by Gasteiger charge is 2.34. The van der Waals surface area contributed by atoms with Crippen molar-refractivity contribution in [3.8, 4) is 16.9 Å². The van der Waals surface area contributed by atoms with Crippen LogP contribution in [0.25, 0.3) is 11.1 Å². The number of rotatable bonds is 2. The summed E-state index contributed by atoms with van der Waals surface area (Å²) in [5, 5.41) is 0. The third kappa shape index (κ3) is 3.69. The summed E-state index contributed by atoms with van der Waals surface area (Å²) in [7, 11) is 0. The van der Waals surface area contributed by atoms with E-state index in [1.165, 1.54) is 12.1 Å². The molecule has 2 rings (SSSR count). The zero-order valence-corrected chi connectivity index (χ0v) is 11.5. The number of hydrogen-bond acceptors (Lipinski definition) is 1. The van der Waals surface area contributed by atoms with Gasteiger partial charge in [-0.05, 0) is 29.8 Å². The van der Waals surface area contributed by atoms with Gasteiger partial charge in [-0.3, -0.25) is 0 Å². The van der Waals surface area contributed by atoms with Gasteiger partial charge in [0.05, 0.1) is 0 Å². The first kappa shape index (κ1) is 15.7. The molecule has 0 aliphatic carbocycles. The molecule has 2 aromatic carbocycles. The van der Waals surface area contributed by atoms with Gasteiger partial charge >= 0.3 is 6.36 Å². The van der Waals surface area contributed by atoms with Gasteiger partial charge in [-0.15, -0.1) is 13.2 Å². The summed E-state index contributed by atoms with van der Waals surface area (Å²) in [6, 6.07) is 4.85. The van der Waals surface area contributed by atoms with Crippen LogP contribution in [0.4, 0.5) is 26.3 Å². The van der Waals surface area contributed by atoms with Crippen molar-refractivity contribution in [1.29, 1.82) is 0 Å². The lowest BCUT2D eigenvalue weighted by Gasteiger charge is -2.12. The maximum atomic E-state index is 13.7. The number of hydrogen-bond donors (Lipinski definition) is 0. The molecule has 0 aliphatic rings. The largest absolute Gasteiger partial charge is 0.573 e. The predicted molar refractivity (Wildman–Crippen MR) is 66.1 cm³/mol. The summed E-state index contributed by atoms with van der Waals surface area (Å²) in [5.74, 6) is -5.52. The fourth-order valence-corrected chi connectivity index (χ4v) is 1.99. The van der Waals surface area contributed by atoms with Gasteiger partial charge < -0.3 is 4.74 Å². The summed E-state index contributed by atoms with van der Waals surface area (Å²) >= 11 is 3.01. The van der Waals surface area contributed by atoms with E-state index in [1.54, 1.807) is 0 Å². The predicted octanol–water partition coefficient (Wildman–Crippen LogP) is 5.43. The molecule has 0 bridgehead atoms. The van der Waals surface area contributed by atoms with Crippen LogP contribution in [0.1, 0.15) is 0 Å². The standard InChI is InChI=1S/C13H5BrF6O/c14-7-1-2-8(9(15)5-7)6-3-10(16)12(11(17)4-6)21-13(18,19)20/h1-5H. The topological polar surface area (TPSA) is 9.23 Å². The zero-order valence-electron chi connectivity index (χ0n) is 9.94. The van der Waals surface area contributed by atoms with Crippen molar-refractivity contribution in [2.45, 2.75) is 6.36 Å². The Balaban J connectivity index is 2.49. The van der Waals surface area contributed by atoms with E-state index >= 15 is 0 Å². The summed E-state index contributed by atoms with van der Waals surface area (Å²) in [4.78, 5) is 0. The number of ether oxygens (including phenoxy) is 1. The van der Waals surface area contributed by atoms with E-state index in [9.17, 15) is 26.3 Å². The van der Waals surface area contributed by atoms with Crippen molar-refractivity contribution < 1.29 is 31.1 Å². The molecule has 21 heavy (non-hydrogen) atoms. The smallest absolute Gasteiger partial charge is 0.399 e. The van der Waals surface area contributed by atoms with Gasteiger partial charge in [0, 0.05) is 10.0 Å². The maximum absolute atomic E-state index is 13.7. The molecule has 0 heterocycles. The molecular weight excluding hydrogens is 366 g/mol. The number of alkyl halides is 3. The van der Waals surface area contributed by atoms with Crippen molar-refractivity contribution in [2.24, 2.45) is 0 Å². The normalized spacial score (nSPS) is 11.6. The van der Waals surface area contributed by atoms with E-state index in [0.717, 1.165) is 6.07 Å². The highest BCUT2D eigenvalue weighted by atomic mass is 79.9. The van der Waals surface area contributed by atoms with Crippen molar-refractivity contribution in [2.75, 3.05) is 0 Å². The van der Waals surface area contributed by atoms with Gasteiger partial charge in [0.1, 0.15) is 5.82 Å². The van der Waals surface area contributed by atoms with E-state index in [2.05, 4.69) is 20.7 Å². The molecule has 0 amide bonds. The Hall–Kier alpha value is -1.70. The van der Waals surface area contributed by atoms with Crippen LogP contribution < -0.4 is 4.74 Å². The van der Waals surface area contributed by atoms with Crippen molar-refractivity contribution >= 4 is 15.9 Å². The van der Waals surface area contributed by atoms with Crippen LogP contribution in [0, 0.1) is 17.5 Å². The van der Waals surface area contributed by atoms with E-state index in [0.29, 0.717) is 16.6 Å². The molecule has 1 nitrogen and oxygen atoms in total. The average Bonchev–Trinajstić information content (AvgIpc) is 2.32. The number of halogens is 7. The molecule has 0 aromatic heterocycles. The average molecular weight is 371 g/mol. The van der Waals surface area contributed by atoms with E-state index < -0.39 is 29.6 Å². The van der Waals surface area contributed by atoms with Crippen molar-refractivity contribution in [1.82, 2.24) is 0 Å². The second-order valence-electron chi connectivity index (χ2n) is 3.94. The van der Waals surface area contributed by atoms with Crippen molar-refractivity contribution in [3.63, 3.8) is 0 Å². The third-order valence-corrected chi connectivity index (χ3v) is 2.95. The molecule has 0 saturated carbocycles. The lowest BCUT2D eigenvalue weighted by Crippen LogP contribution is -2.19. The third-order valence-electron chi connectivity index (χ3n) is 2.46. The zero-order chi connectivity index (χ0) is 15.8. The lowest BCUT2D eigenvalue weighted by molar-refractivity contribution is -0.276. The molecule has 0 fully saturated rings. The summed E-state index contributed by atoms with van der Waals surface area (Å²) < 4.78 is 80.5. The molecular formula is C13H5BrF6O. The number of benzene rings is 2. The summed E-state index contributed by atoms with van der Waals surface area (Å²) in [6.07, 6.45) is -5.23. The SMILES string of the molecule is Fc1cc(Br)ccc1-c1cc(F)c(OC(F)(F)F)c(F)c1. The second kappa shape index (κ2) is 5.59. The van der Waals surface area contributed by atoms with Gasteiger partial charge in [0.15, 0.2) is 11.6 Å². The van der Waals surface area contributed by atoms with Crippen LogP contribution >= 0.6 is 15.9 Å². The Labute approximate surface area is 123 Å². The Morgan fingerprint density at radius 1 is 0.857 bits per heavy atom. The Kier molecular flexibility index (Phi) is 4.18. The Morgan fingerprint density at radius 3 is 1.90 bits per heavy atom. The van der Waals surface area contributed by atoms with Gasteiger partial charge in [-0.25, -0.2) is 13.2 Å². The minimum Gasteiger partial charge on any atom is -0.399 e. The molecule has 0 radical (unpaired) electrons. The molecule has 112 valence electrons. The fraction of sp³-hybridized carbons (Fsp3) is 0.0769. The molecule has 0 atom stereocenters. The first-order chi connectivity index (χ1) is 9.67. The lowest BCUT2D eigenvalue weighted by atomic mass is 10.0. The van der Waals surface area contributed by atoms with Crippen molar-refractivity contribution in [3.05, 3.63) is 52.3 Å².